The second-order valence-electron chi connectivity index (χ2n) is 12.7. The molecule has 0 amide bonds. The van der Waals surface area contributed by atoms with Gasteiger partial charge in [-0.3, -0.25) is 0 Å². The van der Waals surface area contributed by atoms with E-state index < -0.39 is 0 Å². The van der Waals surface area contributed by atoms with Gasteiger partial charge in [0.1, 0.15) is 0 Å². The lowest BCUT2D eigenvalue weighted by Crippen LogP contribution is -2.10. The molecule has 0 aromatic heterocycles. The molecule has 7 aromatic carbocycles. The van der Waals surface area contributed by atoms with E-state index >= 15 is 0 Å². The summed E-state index contributed by atoms with van der Waals surface area (Å²) in [6.07, 6.45) is 0. The molecule has 8 rings (SSSR count). The molecule has 0 atom stereocenters. The number of benzene rings is 7. The second-order valence-corrected chi connectivity index (χ2v) is 12.7. The topological polar surface area (TPSA) is 3.24 Å². The van der Waals surface area contributed by atoms with E-state index in [2.05, 4.69) is 171 Å². The molecule has 7 aromatic rings. The highest BCUT2D eigenvalue weighted by atomic mass is 15.1. The highest BCUT2D eigenvalue weighted by molar-refractivity contribution is 6.12. The van der Waals surface area contributed by atoms with Crippen LogP contribution in [-0.2, 0) is 5.41 Å². The molecular weight excluding hydrogens is 518 g/mol. The summed E-state index contributed by atoms with van der Waals surface area (Å²) < 4.78 is 0. The van der Waals surface area contributed by atoms with Crippen LogP contribution in [0.15, 0.2) is 146 Å². The van der Waals surface area contributed by atoms with Crippen LogP contribution in [-0.4, -0.2) is 0 Å². The lowest BCUT2D eigenvalue weighted by Gasteiger charge is -2.28. The largest absolute Gasteiger partial charge is 0.310 e. The first kappa shape index (κ1) is 25.6. The number of fused-ring (bicyclic) bond motifs is 6. The maximum absolute atomic E-state index is 2.38. The fraction of sp³-hybridized carbons (Fsp3) is 0.0952. The Bertz CT molecular complexity index is 2090. The Morgan fingerprint density at radius 1 is 0.372 bits per heavy atom. The van der Waals surface area contributed by atoms with Gasteiger partial charge in [0, 0.05) is 17.1 Å². The quantitative estimate of drug-likeness (QED) is 0.210. The van der Waals surface area contributed by atoms with E-state index in [4.69, 9.17) is 0 Å². The van der Waals surface area contributed by atoms with Crippen molar-refractivity contribution in [2.75, 3.05) is 4.90 Å². The van der Waals surface area contributed by atoms with Crippen LogP contribution < -0.4 is 4.90 Å². The van der Waals surface area contributed by atoms with Gasteiger partial charge in [-0.15, -0.1) is 0 Å². The first-order chi connectivity index (χ1) is 20.9. The predicted molar refractivity (Wildman–Crippen MR) is 185 cm³/mol. The second kappa shape index (κ2) is 9.71. The van der Waals surface area contributed by atoms with Crippen LogP contribution in [0, 0.1) is 0 Å². The molecule has 1 heteroatoms. The third kappa shape index (κ3) is 4.40. The van der Waals surface area contributed by atoms with Crippen LogP contribution in [0.4, 0.5) is 17.1 Å². The van der Waals surface area contributed by atoms with Gasteiger partial charge in [0.2, 0.25) is 0 Å². The molecule has 1 aliphatic carbocycles. The summed E-state index contributed by atoms with van der Waals surface area (Å²) >= 11 is 0. The third-order valence-electron chi connectivity index (χ3n) is 8.89. The standard InChI is InChI=1S/C42H33N/c1-42(2,3)34-19-16-28(17-20-34)29-14-15-30-24-38-39-25-31-18-21-37(23-33(31)27-41(39)40(38)26-32(30)22-29)43(35-10-6-4-7-11-35)36-12-8-5-9-13-36/h4-27H,1-3H3. The molecule has 0 heterocycles. The Morgan fingerprint density at radius 2 is 0.837 bits per heavy atom. The SMILES string of the molecule is CC(C)(C)c1ccc(-c2ccc3cc4c(cc3c2)-c2cc3cc(N(c5ccccc5)c5ccccc5)ccc3cc2-4)cc1. The van der Waals surface area contributed by atoms with Gasteiger partial charge in [0.15, 0.2) is 0 Å². The Hall–Kier alpha value is -5.14. The zero-order chi connectivity index (χ0) is 29.1. The molecule has 0 aliphatic heterocycles. The molecule has 206 valence electrons. The van der Waals surface area contributed by atoms with Crippen molar-refractivity contribution >= 4 is 38.6 Å². The van der Waals surface area contributed by atoms with E-state index in [1.165, 1.54) is 60.5 Å². The van der Waals surface area contributed by atoms with E-state index in [0.717, 1.165) is 17.1 Å². The minimum atomic E-state index is 0.157. The zero-order valence-corrected chi connectivity index (χ0v) is 24.8. The van der Waals surface area contributed by atoms with Crippen molar-refractivity contribution in [2.45, 2.75) is 26.2 Å². The van der Waals surface area contributed by atoms with Gasteiger partial charge in [0.05, 0.1) is 0 Å². The monoisotopic (exact) mass is 551 g/mol. The van der Waals surface area contributed by atoms with E-state index in [0.29, 0.717) is 0 Å². The number of para-hydroxylation sites is 2. The van der Waals surface area contributed by atoms with Crippen LogP contribution in [0.3, 0.4) is 0 Å². The molecule has 0 spiro atoms. The summed E-state index contributed by atoms with van der Waals surface area (Å²) in [6.45, 7) is 6.79. The lowest BCUT2D eigenvalue weighted by atomic mass is 9.77. The fourth-order valence-electron chi connectivity index (χ4n) is 6.49. The van der Waals surface area contributed by atoms with Crippen molar-refractivity contribution in [1.29, 1.82) is 0 Å². The van der Waals surface area contributed by atoms with Crippen LogP contribution in [0.1, 0.15) is 26.3 Å². The number of anilines is 3. The molecule has 0 saturated heterocycles. The summed E-state index contributed by atoms with van der Waals surface area (Å²) in [6, 6.07) is 53.5. The van der Waals surface area contributed by atoms with Crippen molar-refractivity contribution in [3.63, 3.8) is 0 Å². The Labute approximate surface area is 253 Å². The summed E-state index contributed by atoms with van der Waals surface area (Å²) in [5.74, 6) is 0. The van der Waals surface area contributed by atoms with E-state index in [1.807, 2.05) is 0 Å². The van der Waals surface area contributed by atoms with Crippen molar-refractivity contribution in [3.05, 3.63) is 151 Å². The third-order valence-corrected chi connectivity index (χ3v) is 8.89. The van der Waals surface area contributed by atoms with Crippen LogP contribution >= 0.6 is 0 Å². The minimum Gasteiger partial charge on any atom is -0.310 e. The summed E-state index contributed by atoms with van der Waals surface area (Å²) in [5, 5.41) is 5.10. The van der Waals surface area contributed by atoms with Gasteiger partial charge in [-0.25, -0.2) is 0 Å². The van der Waals surface area contributed by atoms with Gasteiger partial charge >= 0.3 is 0 Å². The number of hydrogen-bond donors (Lipinski definition) is 0. The Kier molecular flexibility index (Phi) is 5.77. The first-order valence-corrected chi connectivity index (χ1v) is 15.1. The first-order valence-electron chi connectivity index (χ1n) is 15.1. The highest BCUT2D eigenvalue weighted by Crippen LogP contribution is 2.51. The molecule has 0 saturated carbocycles. The number of nitrogens with zero attached hydrogens (tertiary/aromatic N) is 1. The van der Waals surface area contributed by atoms with Crippen molar-refractivity contribution in [2.24, 2.45) is 0 Å². The number of rotatable bonds is 4. The van der Waals surface area contributed by atoms with Gasteiger partial charge in [0.25, 0.3) is 0 Å². The van der Waals surface area contributed by atoms with Gasteiger partial charge < -0.3 is 4.90 Å². The lowest BCUT2D eigenvalue weighted by molar-refractivity contribution is 0.590. The molecule has 1 aliphatic rings. The summed E-state index contributed by atoms with van der Waals surface area (Å²) in [7, 11) is 0. The Balaban J connectivity index is 1.18. The van der Waals surface area contributed by atoms with E-state index in [9.17, 15) is 0 Å². The summed E-state index contributed by atoms with van der Waals surface area (Å²) in [4.78, 5) is 2.33. The van der Waals surface area contributed by atoms with Crippen LogP contribution in [0.25, 0.3) is 54.9 Å². The average Bonchev–Trinajstić information content (AvgIpc) is 3.04. The smallest absolute Gasteiger partial charge is 0.0468 e. The highest BCUT2D eigenvalue weighted by Gasteiger charge is 2.24. The van der Waals surface area contributed by atoms with Crippen LogP contribution in [0.5, 0.6) is 0 Å². The van der Waals surface area contributed by atoms with E-state index in [1.54, 1.807) is 0 Å². The maximum atomic E-state index is 2.38. The van der Waals surface area contributed by atoms with Gasteiger partial charge in [-0.2, -0.15) is 0 Å². The zero-order valence-electron chi connectivity index (χ0n) is 24.8. The van der Waals surface area contributed by atoms with Gasteiger partial charge in [-0.1, -0.05) is 99.6 Å². The maximum Gasteiger partial charge on any atom is 0.0468 e. The fourth-order valence-corrected chi connectivity index (χ4v) is 6.49. The molecule has 0 radical (unpaired) electrons. The molecule has 43 heavy (non-hydrogen) atoms. The van der Waals surface area contributed by atoms with Crippen molar-refractivity contribution < 1.29 is 0 Å². The van der Waals surface area contributed by atoms with Crippen molar-refractivity contribution in [3.8, 4) is 33.4 Å². The molecule has 1 nitrogen and oxygen atoms in total. The Morgan fingerprint density at radius 3 is 1.37 bits per heavy atom. The van der Waals surface area contributed by atoms with Gasteiger partial charge in [-0.05, 0) is 133 Å². The average molecular weight is 552 g/mol. The summed E-state index contributed by atoms with van der Waals surface area (Å²) in [5.41, 5.74) is 12.9. The predicted octanol–water partition coefficient (Wildman–Crippen LogP) is 12.1. The molecule has 0 fully saturated rings. The molecular formula is C42H33N. The molecule has 0 unspecified atom stereocenters. The minimum absolute atomic E-state index is 0.157. The number of hydrogen-bond acceptors (Lipinski definition) is 1. The molecule has 0 N–H and O–H groups in total. The van der Waals surface area contributed by atoms with Crippen LogP contribution in [0.2, 0.25) is 0 Å². The molecule has 0 bridgehead atoms. The normalized spacial score (nSPS) is 12.1. The van der Waals surface area contributed by atoms with Crippen molar-refractivity contribution in [1.82, 2.24) is 0 Å². The van der Waals surface area contributed by atoms with E-state index in [-0.39, 0.29) is 5.41 Å².